The quantitative estimate of drug-likeness (QED) is 0.719. The molecule has 1 aliphatic rings. The lowest BCUT2D eigenvalue weighted by molar-refractivity contribution is 0.200. The predicted octanol–water partition coefficient (Wildman–Crippen LogP) is 3.80. The molecule has 2 rings (SSSR count). The Hall–Kier alpha value is -1.44. The highest BCUT2D eigenvalue weighted by Crippen LogP contribution is 2.31. The smallest absolute Gasteiger partial charge is 0.126 e. The third-order valence-electron chi connectivity index (χ3n) is 3.11. The lowest BCUT2D eigenvalue weighted by Crippen LogP contribution is -2.04. The fourth-order valence-corrected chi connectivity index (χ4v) is 2.10. The molecule has 2 nitrogen and oxygen atoms in total. The first-order valence-corrected chi connectivity index (χ1v) is 6.34. The summed E-state index contributed by atoms with van der Waals surface area (Å²) in [7, 11) is 1.72. The van der Waals surface area contributed by atoms with Crippen molar-refractivity contribution in [1.29, 1.82) is 0 Å². The van der Waals surface area contributed by atoms with Gasteiger partial charge in [-0.15, -0.1) is 0 Å². The molecule has 2 heteroatoms. The van der Waals surface area contributed by atoms with Crippen molar-refractivity contribution >= 4 is 6.08 Å². The zero-order valence-electron chi connectivity index (χ0n) is 10.7. The number of fused-ring (bicyclic) bond motifs is 1. The molecule has 0 saturated heterocycles. The molecule has 0 unspecified atom stereocenters. The van der Waals surface area contributed by atoms with Crippen LogP contribution in [0.3, 0.4) is 0 Å². The molecule has 0 aliphatic heterocycles. The molecule has 0 radical (unpaired) electrons. The summed E-state index contributed by atoms with van der Waals surface area (Å²) in [6.07, 6.45) is 6.48. The summed E-state index contributed by atoms with van der Waals surface area (Å²) in [6, 6.07) is 6.22. The maximum Gasteiger partial charge on any atom is 0.126 e. The van der Waals surface area contributed by atoms with Crippen molar-refractivity contribution < 1.29 is 9.47 Å². The maximum atomic E-state index is 5.79. The van der Waals surface area contributed by atoms with E-state index in [1.807, 2.05) is 6.07 Å². The number of unbranched alkanes of at least 4 members (excludes halogenated alkanes) is 1. The van der Waals surface area contributed by atoms with Crippen molar-refractivity contribution in [2.75, 3.05) is 13.7 Å². The molecule has 1 aliphatic carbocycles. The first-order chi connectivity index (χ1) is 8.35. The average molecular weight is 232 g/mol. The van der Waals surface area contributed by atoms with E-state index >= 15 is 0 Å². The van der Waals surface area contributed by atoms with E-state index in [4.69, 9.17) is 9.47 Å². The van der Waals surface area contributed by atoms with Crippen LogP contribution in [0.25, 0.3) is 6.08 Å². The van der Waals surface area contributed by atoms with Gasteiger partial charge in [0.25, 0.3) is 0 Å². The van der Waals surface area contributed by atoms with E-state index in [2.05, 4.69) is 25.1 Å². The Bertz CT molecular complexity index is 407. The van der Waals surface area contributed by atoms with Gasteiger partial charge in [0.15, 0.2) is 0 Å². The minimum absolute atomic E-state index is 0.826. The standard InChI is InChI=1S/C15H20O2/c1-3-4-10-17-13-9-8-12-6-5-7-15(16-2)14(12)11-13/h5-7,11H,3-4,8-10H2,1-2H3. The summed E-state index contributed by atoms with van der Waals surface area (Å²) in [5.41, 5.74) is 2.54. The molecule has 0 N–H and O–H groups in total. The summed E-state index contributed by atoms with van der Waals surface area (Å²) >= 11 is 0. The number of rotatable bonds is 5. The Kier molecular flexibility index (Phi) is 4.08. The van der Waals surface area contributed by atoms with Crippen LogP contribution >= 0.6 is 0 Å². The molecule has 1 aromatic carbocycles. The summed E-state index contributed by atoms with van der Waals surface area (Å²) < 4.78 is 11.2. The molecule has 1 aromatic rings. The molecule has 0 fully saturated rings. The van der Waals surface area contributed by atoms with Gasteiger partial charge in [0.2, 0.25) is 0 Å². The van der Waals surface area contributed by atoms with Crippen LogP contribution in [0.1, 0.15) is 37.3 Å². The summed E-state index contributed by atoms with van der Waals surface area (Å²) in [6.45, 7) is 3.00. The number of benzene rings is 1. The lowest BCUT2D eigenvalue weighted by Gasteiger charge is -2.19. The van der Waals surface area contributed by atoms with Crippen molar-refractivity contribution in [1.82, 2.24) is 0 Å². The molecule has 0 heterocycles. The van der Waals surface area contributed by atoms with Crippen LogP contribution in [0.4, 0.5) is 0 Å². The van der Waals surface area contributed by atoms with E-state index in [0.29, 0.717) is 0 Å². The van der Waals surface area contributed by atoms with Crippen LogP contribution in [0.15, 0.2) is 24.0 Å². The Balaban J connectivity index is 2.15. The van der Waals surface area contributed by atoms with Crippen molar-refractivity contribution in [3.63, 3.8) is 0 Å². The number of hydrogen-bond donors (Lipinski definition) is 0. The van der Waals surface area contributed by atoms with E-state index in [0.717, 1.165) is 37.4 Å². The first kappa shape index (κ1) is 12.0. The topological polar surface area (TPSA) is 18.5 Å². The minimum Gasteiger partial charge on any atom is -0.498 e. The van der Waals surface area contributed by atoms with Crippen LogP contribution in [0.2, 0.25) is 0 Å². The fourth-order valence-electron chi connectivity index (χ4n) is 2.10. The van der Waals surface area contributed by atoms with E-state index in [1.165, 1.54) is 17.5 Å². The second kappa shape index (κ2) is 5.76. The Morgan fingerprint density at radius 2 is 2.12 bits per heavy atom. The molecular formula is C15H20O2. The molecular weight excluding hydrogens is 212 g/mol. The van der Waals surface area contributed by atoms with Gasteiger partial charge in [-0.3, -0.25) is 0 Å². The van der Waals surface area contributed by atoms with Gasteiger partial charge in [-0.2, -0.15) is 0 Å². The Labute approximate surface area is 103 Å². The number of methoxy groups -OCH3 is 1. The van der Waals surface area contributed by atoms with Gasteiger partial charge >= 0.3 is 0 Å². The third kappa shape index (κ3) is 2.82. The highest BCUT2D eigenvalue weighted by molar-refractivity contribution is 5.64. The van der Waals surface area contributed by atoms with Gasteiger partial charge in [0, 0.05) is 12.0 Å². The van der Waals surface area contributed by atoms with E-state index < -0.39 is 0 Å². The summed E-state index contributed by atoms with van der Waals surface area (Å²) in [4.78, 5) is 0. The molecule has 92 valence electrons. The molecule has 0 aromatic heterocycles. The summed E-state index contributed by atoms with van der Waals surface area (Å²) in [5.74, 6) is 2.04. The van der Waals surface area contributed by atoms with Gasteiger partial charge in [-0.1, -0.05) is 25.5 Å². The van der Waals surface area contributed by atoms with Gasteiger partial charge < -0.3 is 9.47 Å². The summed E-state index contributed by atoms with van der Waals surface area (Å²) in [5, 5.41) is 0. The van der Waals surface area contributed by atoms with Gasteiger partial charge in [0.05, 0.1) is 19.5 Å². The molecule has 0 saturated carbocycles. The molecule has 0 atom stereocenters. The van der Waals surface area contributed by atoms with Crippen LogP contribution in [0, 0.1) is 0 Å². The Morgan fingerprint density at radius 3 is 2.88 bits per heavy atom. The van der Waals surface area contributed by atoms with Crippen molar-refractivity contribution in [2.45, 2.75) is 32.6 Å². The van der Waals surface area contributed by atoms with Crippen LogP contribution < -0.4 is 4.74 Å². The van der Waals surface area contributed by atoms with E-state index in [1.54, 1.807) is 7.11 Å². The van der Waals surface area contributed by atoms with Gasteiger partial charge in [-0.25, -0.2) is 0 Å². The Morgan fingerprint density at radius 1 is 1.24 bits per heavy atom. The second-order valence-electron chi connectivity index (χ2n) is 4.35. The number of aryl methyl sites for hydroxylation is 1. The monoisotopic (exact) mass is 232 g/mol. The van der Waals surface area contributed by atoms with Gasteiger partial charge in [-0.05, 0) is 30.5 Å². The zero-order chi connectivity index (χ0) is 12.1. The molecule has 17 heavy (non-hydrogen) atoms. The van der Waals surface area contributed by atoms with Crippen molar-refractivity contribution in [3.05, 3.63) is 35.1 Å². The fraction of sp³-hybridized carbons (Fsp3) is 0.467. The predicted molar refractivity (Wildman–Crippen MR) is 70.2 cm³/mol. The highest BCUT2D eigenvalue weighted by Gasteiger charge is 2.14. The van der Waals surface area contributed by atoms with Crippen molar-refractivity contribution in [2.24, 2.45) is 0 Å². The first-order valence-electron chi connectivity index (χ1n) is 6.34. The zero-order valence-corrected chi connectivity index (χ0v) is 10.7. The van der Waals surface area contributed by atoms with E-state index in [9.17, 15) is 0 Å². The number of allylic oxidation sites excluding steroid dienone is 1. The highest BCUT2D eigenvalue weighted by atomic mass is 16.5. The number of ether oxygens (including phenoxy) is 2. The van der Waals surface area contributed by atoms with E-state index in [-0.39, 0.29) is 0 Å². The van der Waals surface area contributed by atoms with Crippen LogP contribution in [-0.4, -0.2) is 13.7 Å². The molecule has 0 spiro atoms. The lowest BCUT2D eigenvalue weighted by atomic mass is 9.95. The maximum absolute atomic E-state index is 5.79. The van der Waals surface area contributed by atoms with Gasteiger partial charge in [0.1, 0.15) is 5.75 Å². The minimum atomic E-state index is 0.826. The van der Waals surface area contributed by atoms with Crippen LogP contribution in [-0.2, 0) is 11.2 Å². The van der Waals surface area contributed by atoms with Crippen molar-refractivity contribution in [3.8, 4) is 5.75 Å². The SMILES string of the molecule is CCCCOC1=Cc2c(cccc2OC)CC1. The molecule has 0 amide bonds. The third-order valence-corrected chi connectivity index (χ3v) is 3.11. The average Bonchev–Trinajstić information content (AvgIpc) is 2.38. The normalized spacial score (nSPS) is 13.9. The molecule has 0 bridgehead atoms. The second-order valence-corrected chi connectivity index (χ2v) is 4.35. The number of hydrogen-bond acceptors (Lipinski definition) is 2. The largest absolute Gasteiger partial charge is 0.498 e. The van der Waals surface area contributed by atoms with Crippen LogP contribution in [0.5, 0.6) is 5.75 Å².